The number of hydrogen-bond donors (Lipinski definition) is 3. The van der Waals surface area contributed by atoms with Crippen molar-refractivity contribution < 1.29 is 24.2 Å². The predicted octanol–water partition coefficient (Wildman–Crippen LogP) is 2.65. The molecule has 3 rings (SSSR count). The number of anilines is 1. The minimum absolute atomic E-state index is 0.115. The van der Waals surface area contributed by atoms with Gasteiger partial charge in [0, 0.05) is 18.8 Å². The predicted molar refractivity (Wildman–Crippen MR) is 119 cm³/mol. The van der Waals surface area contributed by atoms with Gasteiger partial charge in [0.25, 0.3) is 5.91 Å². The molecule has 3 N–H and O–H groups in total. The molecule has 0 aliphatic carbocycles. The van der Waals surface area contributed by atoms with Crippen LogP contribution in [-0.2, 0) is 9.47 Å². The van der Waals surface area contributed by atoms with Crippen LogP contribution < -0.4 is 10.2 Å². The SMILES string of the molecule is COC(=O)c1cnc(N2CC[C@@H](NC(=O)c3[nH]c(C)c(Cl)c3Cl)[C@@H](OCC(C)O)C2)s1. The summed E-state index contributed by atoms with van der Waals surface area (Å²) < 4.78 is 10.6. The smallest absolute Gasteiger partial charge is 0.349 e. The number of ether oxygens (including phenoxy) is 2. The van der Waals surface area contributed by atoms with Gasteiger partial charge in [0.1, 0.15) is 10.6 Å². The molecule has 1 aliphatic rings. The Morgan fingerprint density at radius 2 is 2.19 bits per heavy atom. The van der Waals surface area contributed by atoms with Crippen LogP contribution >= 0.6 is 34.5 Å². The van der Waals surface area contributed by atoms with E-state index in [1.165, 1.54) is 24.6 Å². The van der Waals surface area contributed by atoms with Crippen molar-refractivity contribution in [3.8, 4) is 0 Å². The number of thiazole rings is 1. The molecule has 9 nitrogen and oxygen atoms in total. The number of esters is 1. The zero-order valence-corrected chi connectivity index (χ0v) is 19.6. The van der Waals surface area contributed by atoms with Gasteiger partial charge in [-0.1, -0.05) is 34.5 Å². The van der Waals surface area contributed by atoms with Crippen LogP contribution in [0.4, 0.5) is 5.13 Å². The standard InChI is InChI=1S/C19H24Cl2N4O5S/c1-9(26)8-30-12-7-25(19-22-6-13(31-19)18(28)29-3)5-4-11(12)24-17(27)16-15(21)14(20)10(2)23-16/h6,9,11-12,23,26H,4-5,7-8H2,1-3H3,(H,24,27)/t9?,11-,12+/m1/s1. The van der Waals surface area contributed by atoms with E-state index in [0.29, 0.717) is 40.2 Å². The summed E-state index contributed by atoms with van der Waals surface area (Å²) in [6.07, 6.45) is 0.971. The van der Waals surface area contributed by atoms with Crippen molar-refractivity contribution in [2.24, 2.45) is 0 Å². The number of aliphatic hydroxyl groups is 1. The molecular weight excluding hydrogens is 467 g/mol. The van der Waals surface area contributed by atoms with Gasteiger partial charge in [0.15, 0.2) is 5.13 Å². The number of methoxy groups -OCH3 is 1. The molecule has 1 unspecified atom stereocenters. The van der Waals surface area contributed by atoms with Gasteiger partial charge in [0.05, 0.1) is 48.2 Å². The molecule has 0 bridgehead atoms. The maximum atomic E-state index is 12.8. The number of nitrogens with zero attached hydrogens (tertiary/aromatic N) is 2. The molecule has 1 aliphatic heterocycles. The van der Waals surface area contributed by atoms with Gasteiger partial charge in [-0.05, 0) is 20.3 Å². The van der Waals surface area contributed by atoms with Crippen LogP contribution in [0.5, 0.6) is 0 Å². The van der Waals surface area contributed by atoms with E-state index in [1.54, 1.807) is 13.8 Å². The second-order valence-corrected chi connectivity index (χ2v) is 9.05. The Balaban J connectivity index is 1.73. The van der Waals surface area contributed by atoms with Crippen LogP contribution in [0.2, 0.25) is 10.0 Å². The highest BCUT2D eigenvalue weighted by atomic mass is 35.5. The number of amides is 1. The monoisotopic (exact) mass is 490 g/mol. The first-order valence-corrected chi connectivity index (χ1v) is 11.2. The summed E-state index contributed by atoms with van der Waals surface area (Å²) in [5, 5.41) is 13.8. The van der Waals surface area contributed by atoms with E-state index in [-0.39, 0.29) is 29.3 Å². The zero-order chi connectivity index (χ0) is 22.7. The average Bonchev–Trinajstić information content (AvgIpc) is 3.33. The first kappa shape index (κ1) is 23.8. The van der Waals surface area contributed by atoms with Crippen molar-refractivity contribution in [1.82, 2.24) is 15.3 Å². The lowest BCUT2D eigenvalue weighted by Gasteiger charge is -2.38. The molecule has 170 valence electrons. The van der Waals surface area contributed by atoms with Crippen LogP contribution in [0.1, 0.15) is 39.2 Å². The molecular formula is C19H24Cl2N4O5S. The van der Waals surface area contributed by atoms with Gasteiger partial charge in [0.2, 0.25) is 0 Å². The minimum atomic E-state index is -0.656. The van der Waals surface area contributed by atoms with Crippen LogP contribution in [0.3, 0.4) is 0 Å². The first-order chi connectivity index (χ1) is 14.7. The van der Waals surface area contributed by atoms with E-state index < -0.39 is 18.2 Å². The number of piperidine rings is 1. The van der Waals surface area contributed by atoms with E-state index in [0.717, 1.165) is 0 Å². The summed E-state index contributed by atoms with van der Waals surface area (Å²) in [5.41, 5.74) is 0.808. The maximum Gasteiger partial charge on any atom is 0.349 e. The Labute approximate surface area is 193 Å². The van der Waals surface area contributed by atoms with Crippen LogP contribution in [-0.4, -0.2) is 72.0 Å². The summed E-state index contributed by atoms with van der Waals surface area (Å²) in [4.78, 5) is 34.1. The number of aromatic nitrogens is 2. The number of halogens is 2. The number of rotatable bonds is 7. The van der Waals surface area contributed by atoms with Crippen molar-refractivity contribution in [2.45, 2.75) is 38.5 Å². The number of aromatic amines is 1. The average molecular weight is 491 g/mol. The van der Waals surface area contributed by atoms with Gasteiger partial charge in [-0.15, -0.1) is 0 Å². The molecule has 3 atom stereocenters. The normalized spacial score (nSPS) is 19.9. The highest BCUT2D eigenvalue weighted by molar-refractivity contribution is 7.17. The van der Waals surface area contributed by atoms with Crippen LogP contribution in [0, 0.1) is 6.92 Å². The molecule has 0 radical (unpaired) electrons. The Hall–Kier alpha value is -1.85. The Morgan fingerprint density at radius 1 is 1.45 bits per heavy atom. The second kappa shape index (κ2) is 10.2. The van der Waals surface area contributed by atoms with Gasteiger partial charge < -0.3 is 29.8 Å². The molecule has 0 spiro atoms. The minimum Gasteiger partial charge on any atom is -0.465 e. The number of aliphatic hydroxyl groups excluding tert-OH is 1. The highest BCUT2D eigenvalue weighted by Crippen LogP contribution is 2.30. The van der Waals surface area contributed by atoms with E-state index >= 15 is 0 Å². The number of carbonyl (C=O) groups is 2. The Kier molecular flexibility index (Phi) is 7.82. The Bertz CT molecular complexity index is 948. The fourth-order valence-corrected chi connectivity index (χ4v) is 4.55. The summed E-state index contributed by atoms with van der Waals surface area (Å²) in [5.74, 6) is -0.823. The third-order valence-corrected chi connectivity index (χ3v) is 6.84. The highest BCUT2D eigenvalue weighted by Gasteiger charge is 2.34. The third-order valence-electron chi connectivity index (χ3n) is 4.86. The van der Waals surface area contributed by atoms with E-state index in [1.807, 2.05) is 4.90 Å². The van der Waals surface area contributed by atoms with Gasteiger partial charge in [-0.25, -0.2) is 9.78 Å². The van der Waals surface area contributed by atoms with Crippen molar-refractivity contribution in [3.05, 3.63) is 32.5 Å². The van der Waals surface area contributed by atoms with Crippen LogP contribution in [0.25, 0.3) is 0 Å². The second-order valence-electron chi connectivity index (χ2n) is 7.29. The topological polar surface area (TPSA) is 117 Å². The fraction of sp³-hybridized carbons (Fsp3) is 0.526. The Morgan fingerprint density at radius 3 is 2.81 bits per heavy atom. The van der Waals surface area contributed by atoms with Crippen molar-refractivity contribution in [3.63, 3.8) is 0 Å². The molecule has 12 heteroatoms. The fourth-order valence-electron chi connectivity index (χ4n) is 3.26. The van der Waals surface area contributed by atoms with Crippen molar-refractivity contribution >= 4 is 51.5 Å². The third kappa shape index (κ3) is 5.50. The molecule has 3 heterocycles. The largest absolute Gasteiger partial charge is 0.465 e. The molecule has 2 aromatic rings. The number of H-pyrrole nitrogens is 1. The molecule has 31 heavy (non-hydrogen) atoms. The quantitative estimate of drug-likeness (QED) is 0.510. The number of carbonyl (C=O) groups excluding carboxylic acids is 2. The molecule has 1 amide bonds. The summed E-state index contributed by atoms with van der Waals surface area (Å²) in [6, 6.07) is -0.319. The zero-order valence-electron chi connectivity index (χ0n) is 17.3. The van der Waals surface area contributed by atoms with Crippen LogP contribution in [0.15, 0.2) is 6.20 Å². The van der Waals surface area contributed by atoms with Gasteiger partial charge in [-0.3, -0.25) is 4.79 Å². The van der Waals surface area contributed by atoms with Crippen molar-refractivity contribution in [2.75, 3.05) is 31.7 Å². The van der Waals surface area contributed by atoms with E-state index in [4.69, 9.17) is 32.7 Å². The summed E-state index contributed by atoms with van der Waals surface area (Å²) in [7, 11) is 1.32. The number of nitrogens with one attached hydrogen (secondary N) is 2. The number of hydrogen-bond acceptors (Lipinski definition) is 8. The lowest BCUT2D eigenvalue weighted by molar-refractivity contribution is -0.0215. The summed E-state index contributed by atoms with van der Waals surface area (Å²) >= 11 is 13.5. The van der Waals surface area contributed by atoms with Crippen molar-refractivity contribution in [1.29, 1.82) is 0 Å². The molecule has 1 fully saturated rings. The van der Waals surface area contributed by atoms with Gasteiger partial charge >= 0.3 is 5.97 Å². The first-order valence-electron chi connectivity index (χ1n) is 9.64. The molecule has 2 aromatic heterocycles. The summed E-state index contributed by atoms with van der Waals surface area (Å²) in [6.45, 7) is 4.48. The van der Waals surface area contributed by atoms with E-state index in [9.17, 15) is 14.7 Å². The molecule has 0 saturated carbocycles. The molecule has 0 aromatic carbocycles. The lowest BCUT2D eigenvalue weighted by Crippen LogP contribution is -2.55. The van der Waals surface area contributed by atoms with Gasteiger partial charge in [-0.2, -0.15) is 0 Å². The number of aryl methyl sites for hydroxylation is 1. The van der Waals surface area contributed by atoms with E-state index in [2.05, 4.69) is 15.3 Å². The maximum absolute atomic E-state index is 12.8. The molecule has 1 saturated heterocycles. The lowest BCUT2D eigenvalue weighted by atomic mass is 10.0.